The van der Waals surface area contributed by atoms with Crippen molar-refractivity contribution in [3.05, 3.63) is 16.6 Å². The molecule has 96 valence electrons. The van der Waals surface area contributed by atoms with Crippen molar-refractivity contribution in [1.29, 1.82) is 0 Å². The molecule has 1 aromatic rings. The quantitative estimate of drug-likeness (QED) is 0.886. The Morgan fingerprint density at radius 3 is 2.82 bits per heavy atom. The Kier molecular flexibility index (Phi) is 3.45. The van der Waals surface area contributed by atoms with E-state index in [0.717, 1.165) is 11.4 Å². The van der Waals surface area contributed by atoms with Gasteiger partial charge < -0.3 is 5.32 Å². The van der Waals surface area contributed by atoms with Crippen molar-refractivity contribution in [1.82, 2.24) is 10.3 Å². The van der Waals surface area contributed by atoms with Crippen LogP contribution in [0.2, 0.25) is 0 Å². The van der Waals surface area contributed by atoms with Gasteiger partial charge in [-0.2, -0.15) is 13.2 Å². The van der Waals surface area contributed by atoms with Gasteiger partial charge in [0.25, 0.3) is 0 Å². The molecule has 0 saturated heterocycles. The fourth-order valence-electron chi connectivity index (χ4n) is 2.54. The Labute approximate surface area is 102 Å². The lowest BCUT2D eigenvalue weighted by molar-refractivity contribution is -0.188. The van der Waals surface area contributed by atoms with E-state index < -0.39 is 17.6 Å². The van der Waals surface area contributed by atoms with Crippen LogP contribution in [0.4, 0.5) is 13.2 Å². The van der Waals surface area contributed by atoms with E-state index >= 15 is 0 Å². The number of nitrogens with one attached hydrogen (secondary N) is 1. The highest BCUT2D eigenvalue weighted by Gasteiger charge is 2.48. The van der Waals surface area contributed by atoms with Crippen LogP contribution in [-0.2, 0) is 5.54 Å². The predicted octanol–water partition coefficient (Wildman–Crippen LogP) is 3.31. The number of nitrogens with zero attached hydrogens (tertiary/aromatic N) is 1. The normalized spacial score (nSPS) is 30.5. The highest BCUT2D eigenvalue weighted by Crippen LogP contribution is 2.46. The standard InChI is InChI=1S/C11H15F3N2S/c1-15-10(9-16-5-6-17-9)4-2-3-8(7-10)11(12,13)14/h5-6,8,15H,2-4,7H2,1H3. The summed E-state index contributed by atoms with van der Waals surface area (Å²) >= 11 is 1.42. The van der Waals surface area contributed by atoms with Gasteiger partial charge in [0.05, 0.1) is 11.5 Å². The lowest BCUT2D eigenvalue weighted by Gasteiger charge is -2.40. The number of thiazole rings is 1. The maximum atomic E-state index is 12.8. The average molecular weight is 264 g/mol. The van der Waals surface area contributed by atoms with Gasteiger partial charge in [-0.25, -0.2) is 4.98 Å². The first kappa shape index (κ1) is 12.8. The Balaban J connectivity index is 2.24. The third-order valence-electron chi connectivity index (χ3n) is 3.53. The minimum absolute atomic E-state index is 0.0977. The Hall–Kier alpha value is -0.620. The molecule has 0 aromatic carbocycles. The van der Waals surface area contributed by atoms with Gasteiger partial charge in [-0.15, -0.1) is 11.3 Å². The molecular weight excluding hydrogens is 249 g/mol. The van der Waals surface area contributed by atoms with Crippen LogP contribution in [0.5, 0.6) is 0 Å². The molecule has 1 aliphatic carbocycles. The van der Waals surface area contributed by atoms with Crippen molar-refractivity contribution in [2.24, 2.45) is 5.92 Å². The average Bonchev–Trinajstić information content (AvgIpc) is 2.82. The van der Waals surface area contributed by atoms with Crippen LogP contribution >= 0.6 is 11.3 Å². The van der Waals surface area contributed by atoms with Crippen LogP contribution in [0.1, 0.15) is 30.7 Å². The second-order valence-corrected chi connectivity index (χ2v) is 5.40. The van der Waals surface area contributed by atoms with Crippen LogP contribution in [0.3, 0.4) is 0 Å². The van der Waals surface area contributed by atoms with E-state index in [9.17, 15) is 13.2 Å². The van der Waals surface area contributed by atoms with E-state index in [1.807, 2.05) is 5.38 Å². The largest absolute Gasteiger partial charge is 0.391 e. The molecule has 6 heteroatoms. The summed E-state index contributed by atoms with van der Waals surface area (Å²) in [5.41, 5.74) is -0.591. The summed E-state index contributed by atoms with van der Waals surface area (Å²) in [4.78, 5) is 4.19. The molecule has 1 saturated carbocycles. The predicted molar refractivity (Wildman–Crippen MR) is 60.9 cm³/mol. The molecule has 1 N–H and O–H groups in total. The molecule has 2 nitrogen and oxygen atoms in total. The second-order valence-electron chi connectivity index (χ2n) is 4.50. The van der Waals surface area contributed by atoms with Crippen molar-refractivity contribution < 1.29 is 13.2 Å². The molecule has 17 heavy (non-hydrogen) atoms. The van der Waals surface area contributed by atoms with E-state index in [1.54, 1.807) is 13.2 Å². The fraction of sp³-hybridized carbons (Fsp3) is 0.727. The minimum atomic E-state index is -4.10. The van der Waals surface area contributed by atoms with E-state index in [4.69, 9.17) is 0 Å². The zero-order chi connectivity index (χ0) is 12.5. The van der Waals surface area contributed by atoms with Gasteiger partial charge >= 0.3 is 6.18 Å². The third-order valence-corrected chi connectivity index (χ3v) is 4.51. The summed E-state index contributed by atoms with van der Waals surface area (Å²) in [6.45, 7) is 0. The van der Waals surface area contributed by atoms with Gasteiger partial charge in [0.15, 0.2) is 0 Å². The van der Waals surface area contributed by atoms with Crippen molar-refractivity contribution in [2.45, 2.75) is 37.4 Å². The highest BCUT2D eigenvalue weighted by molar-refractivity contribution is 7.09. The molecule has 1 fully saturated rings. The third kappa shape index (κ3) is 2.47. The fourth-order valence-corrected chi connectivity index (χ4v) is 3.43. The molecule has 1 aliphatic rings. The Morgan fingerprint density at radius 1 is 1.53 bits per heavy atom. The monoisotopic (exact) mass is 264 g/mol. The maximum absolute atomic E-state index is 12.8. The first-order chi connectivity index (χ1) is 7.98. The van der Waals surface area contributed by atoms with Crippen molar-refractivity contribution in [2.75, 3.05) is 7.05 Å². The lowest BCUT2D eigenvalue weighted by Crippen LogP contribution is -2.46. The maximum Gasteiger partial charge on any atom is 0.391 e. The zero-order valence-corrected chi connectivity index (χ0v) is 10.4. The summed E-state index contributed by atoms with van der Waals surface area (Å²) < 4.78 is 38.5. The summed E-state index contributed by atoms with van der Waals surface area (Å²) in [5.74, 6) is -1.22. The first-order valence-electron chi connectivity index (χ1n) is 5.63. The summed E-state index contributed by atoms with van der Waals surface area (Å²) in [6, 6.07) is 0. The van der Waals surface area contributed by atoms with Crippen molar-refractivity contribution >= 4 is 11.3 Å². The van der Waals surface area contributed by atoms with Gasteiger partial charge in [-0.1, -0.05) is 6.42 Å². The number of hydrogen-bond acceptors (Lipinski definition) is 3. The van der Waals surface area contributed by atoms with Gasteiger partial charge in [0, 0.05) is 11.6 Å². The number of aromatic nitrogens is 1. The van der Waals surface area contributed by atoms with E-state index in [1.165, 1.54) is 11.3 Å². The first-order valence-corrected chi connectivity index (χ1v) is 6.51. The molecule has 0 aliphatic heterocycles. The van der Waals surface area contributed by atoms with E-state index in [2.05, 4.69) is 10.3 Å². The summed E-state index contributed by atoms with van der Waals surface area (Å²) in [6.07, 6.45) is -0.803. The second kappa shape index (κ2) is 4.57. The molecule has 0 spiro atoms. The molecule has 2 unspecified atom stereocenters. The SMILES string of the molecule is CNC1(c2nccs2)CCCC(C(F)(F)F)C1. The number of halogens is 3. The molecule has 0 amide bonds. The zero-order valence-electron chi connectivity index (χ0n) is 9.55. The summed E-state index contributed by atoms with van der Waals surface area (Å²) in [7, 11) is 1.72. The van der Waals surface area contributed by atoms with E-state index in [0.29, 0.717) is 6.42 Å². The summed E-state index contributed by atoms with van der Waals surface area (Å²) in [5, 5.41) is 5.65. The Morgan fingerprint density at radius 2 is 2.29 bits per heavy atom. The molecular formula is C11H15F3N2S. The number of rotatable bonds is 2. The van der Waals surface area contributed by atoms with Gasteiger partial charge in [0.1, 0.15) is 5.01 Å². The lowest BCUT2D eigenvalue weighted by atomic mass is 9.75. The Bertz CT molecular complexity index is 363. The van der Waals surface area contributed by atoms with Gasteiger partial charge in [0.2, 0.25) is 0 Å². The van der Waals surface area contributed by atoms with E-state index in [-0.39, 0.29) is 12.8 Å². The highest BCUT2D eigenvalue weighted by atomic mass is 32.1. The van der Waals surface area contributed by atoms with Crippen LogP contribution in [-0.4, -0.2) is 18.2 Å². The van der Waals surface area contributed by atoms with Crippen molar-refractivity contribution in [3.63, 3.8) is 0 Å². The smallest absolute Gasteiger partial charge is 0.308 e. The van der Waals surface area contributed by atoms with Crippen LogP contribution < -0.4 is 5.32 Å². The van der Waals surface area contributed by atoms with Crippen molar-refractivity contribution in [3.8, 4) is 0 Å². The topological polar surface area (TPSA) is 24.9 Å². The number of hydrogen-bond donors (Lipinski definition) is 1. The molecule has 1 aromatic heterocycles. The minimum Gasteiger partial charge on any atom is -0.308 e. The van der Waals surface area contributed by atoms with Crippen LogP contribution in [0.25, 0.3) is 0 Å². The molecule has 2 atom stereocenters. The van der Waals surface area contributed by atoms with Crippen LogP contribution in [0, 0.1) is 5.92 Å². The van der Waals surface area contributed by atoms with Crippen LogP contribution in [0.15, 0.2) is 11.6 Å². The molecule has 0 radical (unpaired) electrons. The molecule has 0 bridgehead atoms. The molecule has 1 heterocycles. The molecule has 2 rings (SSSR count). The van der Waals surface area contributed by atoms with Gasteiger partial charge in [-0.3, -0.25) is 0 Å². The van der Waals surface area contributed by atoms with Gasteiger partial charge in [-0.05, 0) is 26.3 Å². The number of alkyl halides is 3.